The standard InChI is InChI=1S/C15H20N2O.Y/c1-6-7-10(2)15(18)17-14-11(3)8-13(16-5)9-12(14)4;/h8-10H,6-7H2,1-4H3,(H,17,18);. The third kappa shape index (κ3) is 5.05. The second-order valence-electron chi connectivity index (χ2n) is 4.75. The van der Waals surface area contributed by atoms with Crippen molar-refractivity contribution in [3.05, 3.63) is 34.7 Å². The molecule has 1 N–H and O–H groups in total. The van der Waals surface area contributed by atoms with Crippen molar-refractivity contribution in [2.24, 2.45) is 5.92 Å². The first-order chi connectivity index (χ1) is 8.49. The first-order valence-corrected chi connectivity index (χ1v) is 6.29. The van der Waals surface area contributed by atoms with Gasteiger partial charge in [0.1, 0.15) is 0 Å². The van der Waals surface area contributed by atoms with Crippen molar-refractivity contribution < 1.29 is 37.5 Å². The van der Waals surface area contributed by atoms with E-state index in [9.17, 15) is 4.79 Å². The third-order valence-corrected chi connectivity index (χ3v) is 3.06. The quantitative estimate of drug-likeness (QED) is 0.822. The van der Waals surface area contributed by atoms with Gasteiger partial charge in [-0.05, 0) is 31.4 Å². The molecule has 4 heteroatoms. The van der Waals surface area contributed by atoms with Crippen molar-refractivity contribution in [1.82, 2.24) is 0 Å². The van der Waals surface area contributed by atoms with Gasteiger partial charge in [0.2, 0.25) is 5.91 Å². The number of hydrogen-bond donors (Lipinski definition) is 1. The van der Waals surface area contributed by atoms with Crippen LogP contribution in [0.4, 0.5) is 11.4 Å². The molecule has 1 aromatic rings. The van der Waals surface area contributed by atoms with Gasteiger partial charge in [-0.2, -0.15) is 0 Å². The number of nitrogens with zero attached hydrogens (tertiary/aromatic N) is 1. The van der Waals surface area contributed by atoms with Crippen molar-refractivity contribution in [2.45, 2.75) is 40.5 Å². The number of carbonyl (C=O) groups excluding carboxylic acids is 1. The molecule has 0 aliphatic carbocycles. The molecule has 99 valence electrons. The molecule has 1 amide bonds. The summed E-state index contributed by atoms with van der Waals surface area (Å²) < 4.78 is 0. The van der Waals surface area contributed by atoms with Crippen LogP contribution < -0.4 is 5.32 Å². The molecule has 1 atom stereocenters. The molecule has 1 rings (SSSR count). The fourth-order valence-electron chi connectivity index (χ4n) is 2.01. The molecule has 19 heavy (non-hydrogen) atoms. The predicted molar refractivity (Wildman–Crippen MR) is 74.9 cm³/mol. The van der Waals surface area contributed by atoms with E-state index in [0.29, 0.717) is 5.69 Å². The molecule has 1 radical (unpaired) electrons. The summed E-state index contributed by atoms with van der Waals surface area (Å²) in [6.07, 6.45) is 1.90. The minimum absolute atomic E-state index is 0. The van der Waals surface area contributed by atoms with Crippen molar-refractivity contribution in [2.75, 3.05) is 5.32 Å². The molecule has 0 bridgehead atoms. The van der Waals surface area contributed by atoms with Gasteiger partial charge in [-0.3, -0.25) is 4.79 Å². The number of amides is 1. The van der Waals surface area contributed by atoms with E-state index in [-0.39, 0.29) is 44.5 Å². The van der Waals surface area contributed by atoms with Gasteiger partial charge < -0.3 is 5.32 Å². The molecule has 0 aromatic heterocycles. The van der Waals surface area contributed by atoms with Gasteiger partial charge in [0.25, 0.3) is 0 Å². The van der Waals surface area contributed by atoms with E-state index >= 15 is 0 Å². The van der Waals surface area contributed by atoms with Crippen molar-refractivity contribution in [3.8, 4) is 0 Å². The Hall–Kier alpha value is -0.716. The Balaban J connectivity index is 0.00000324. The Labute approximate surface area is 140 Å². The summed E-state index contributed by atoms with van der Waals surface area (Å²) >= 11 is 0. The van der Waals surface area contributed by atoms with Gasteiger partial charge in [-0.25, -0.2) is 4.85 Å². The summed E-state index contributed by atoms with van der Waals surface area (Å²) in [5, 5.41) is 2.97. The molecule has 0 spiro atoms. The zero-order valence-corrected chi connectivity index (χ0v) is 14.9. The predicted octanol–water partition coefficient (Wildman–Crippen LogP) is 4.23. The maximum atomic E-state index is 12.0. The van der Waals surface area contributed by atoms with Gasteiger partial charge in [-0.1, -0.05) is 32.4 Å². The molecular formula is C15H20N2OY. The fourth-order valence-corrected chi connectivity index (χ4v) is 2.01. The first-order valence-electron chi connectivity index (χ1n) is 6.29. The Kier molecular flexibility index (Phi) is 8.14. The Morgan fingerprint density at radius 2 is 1.89 bits per heavy atom. The van der Waals surface area contributed by atoms with Crippen LogP contribution in [-0.4, -0.2) is 5.91 Å². The number of nitrogens with one attached hydrogen (secondary N) is 1. The second kappa shape index (κ2) is 8.45. The van der Waals surface area contributed by atoms with E-state index in [1.54, 1.807) is 12.1 Å². The number of rotatable bonds is 4. The summed E-state index contributed by atoms with van der Waals surface area (Å²) in [4.78, 5) is 15.4. The summed E-state index contributed by atoms with van der Waals surface area (Å²) in [6.45, 7) is 14.9. The minimum Gasteiger partial charge on any atom is -0.325 e. The number of aryl methyl sites for hydroxylation is 2. The molecule has 1 unspecified atom stereocenters. The van der Waals surface area contributed by atoms with Gasteiger partial charge in [-0.15, -0.1) is 0 Å². The van der Waals surface area contributed by atoms with Gasteiger partial charge >= 0.3 is 0 Å². The molecule has 0 saturated carbocycles. The van der Waals surface area contributed by atoms with E-state index in [1.165, 1.54) is 0 Å². The summed E-state index contributed by atoms with van der Waals surface area (Å²) in [6, 6.07) is 3.61. The summed E-state index contributed by atoms with van der Waals surface area (Å²) in [5.74, 6) is 0.0768. The Morgan fingerprint density at radius 3 is 2.32 bits per heavy atom. The van der Waals surface area contributed by atoms with Crippen LogP contribution >= 0.6 is 0 Å². The molecule has 0 aliphatic rings. The average Bonchev–Trinajstić information content (AvgIpc) is 2.33. The van der Waals surface area contributed by atoms with Crippen LogP contribution in [0.5, 0.6) is 0 Å². The smallest absolute Gasteiger partial charge is 0.227 e. The fraction of sp³-hybridized carbons (Fsp3) is 0.467. The number of anilines is 1. The van der Waals surface area contributed by atoms with Crippen LogP contribution in [0.2, 0.25) is 0 Å². The van der Waals surface area contributed by atoms with Crippen LogP contribution in [0.1, 0.15) is 37.8 Å². The van der Waals surface area contributed by atoms with Gasteiger partial charge in [0.05, 0.1) is 6.57 Å². The topological polar surface area (TPSA) is 33.5 Å². The molecule has 3 nitrogen and oxygen atoms in total. The van der Waals surface area contributed by atoms with Crippen molar-refractivity contribution in [3.63, 3.8) is 0 Å². The molecule has 0 fully saturated rings. The zero-order chi connectivity index (χ0) is 13.7. The monoisotopic (exact) mass is 333 g/mol. The largest absolute Gasteiger partial charge is 0.325 e. The minimum atomic E-state index is 0. The second-order valence-corrected chi connectivity index (χ2v) is 4.75. The zero-order valence-electron chi connectivity index (χ0n) is 12.1. The summed E-state index contributed by atoms with van der Waals surface area (Å²) in [7, 11) is 0. The van der Waals surface area contributed by atoms with Crippen molar-refractivity contribution >= 4 is 17.3 Å². The van der Waals surface area contributed by atoms with Crippen LogP contribution in [0.15, 0.2) is 12.1 Å². The van der Waals surface area contributed by atoms with E-state index in [0.717, 1.165) is 29.7 Å². The Morgan fingerprint density at radius 1 is 1.37 bits per heavy atom. The number of hydrogen-bond acceptors (Lipinski definition) is 1. The van der Waals surface area contributed by atoms with Gasteiger partial charge in [0, 0.05) is 44.3 Å². The van der Waals surface area contributed by atoms with Crippen molar-refractivity contribution in [1.29, 1.82) is 0 Å². The normalized spacial score (nSPS) is 11.1. The summed E-state index contributed by atoms with van der Waals surface area (Å²) in [5.41, 5.74) is 3.34. The Bertz CT molecular complexity index is 468. The van der Waals surface area contributed by atoms with E-state index in [1.807, 2.05) is 20.8 Å². The number of benzene rings is 1. The molecule has 0 aliphatic heterocycles. The maximum absolute atomic E-state index is 12.0. The molecule has 0 saturated heterocycles. The average molecular weight is 333 g/mol. The van der Waals surface area contributed by atoms with Gasteiger partial charge in [0.15, 0.2) is 5.69 Å². The SMILES string of the molecule is [C-]#[N+]c1cc(C)c(NC(=O)C(C)CCC)c(C)c1.[Y]. The number of carbonyl (C=O) groups is 1. The first kappa shape index (κ1) is 18.3. The molecule has 0 heterocycles. The van der Waals surface area contributed by atoms with Crippen LogP contribution in [0.25, 0.3) is 4.85 Å². The van der Waals surface area contributed by atoms with Crippen LogP contribution in [0.3, 0.4) is 0 Å². The van der Waals surface area contributed by atoms with E-state index in [2.05, 4.69) is 17.1 Å². The van der Waals surface area contributed by atoms with E-state index in [4.69, 9.17) is 6.57 Å². The molecule has 1 aromatic carbocycles. The molecular weight excluding hydrogens is 313 g/mol. The van der Waals surface area contributed by atoms with Crippen LogP contribution in [0, 0.1) is 26.3 Å². The maximum Gasteiger partial charge on any atom is 0.227 e. The van der Waals surface area contributed by atoms with E-state index < -0.39 is 0 Å². The third-order valence-electron chi connectivity index (χ3n) is 3.06. The van der Waals surface area contributed by atoms with Crippen LogP contribution in [-0.2, 0) is 37.5 Å².